The molecule has 2 fully saturated rings. The van der Waals surface area contributed by atoms with E-state index in [1.807, 2.05) is 16.6 Å². The maximum absolute atomic E-state index is 12.0. The van der Waals surface area contributed by atoms with Gasteiger partial charge in [-0.1, -0.05) is 0 Å². The number of nitrogens with zero attached hydrogens (tertiary/aromatic N) is 6. The Morgan fingerprint density at radius 1 is 1.16 bits per heavy atom. The van der Waals surface area contributed by atoms with E-state index >= 15 is 0 Å². The van der Waals surface area contributed by atoms with Gasteiger partial charge in [-0.15, -0.1) is 0 Å². The quantitative estimate of drug-likeness (QED) is 0.808. The molecule has 0 aromatic carbocycles. The van der Waals surface area contributed by atoms with Crippen molar-refractivity contribution >= 4 is 38.7 Å². The van der Waals surface area contributed by atoms with Crippen molar-refractivity contribution in [3.63, 3.8) is 0 Å². The molecule has 1 aliphatic carbocycles. The number of carbonyl (C=O) groups excluding carboxylic acids is 1. The maximum atomic E-state index is 12.0. The Balaban J connectivity index is 1.48. The summed E-state index contributed by atoms with van der Waals surface area (Å²) in [5.41, 5.74) is 6.76. The third-order valence-electron chi connectivity index (χ3n) is 5.49. The topological polar surface area (TPSA) is 93.2 Å². The van der Waals surface area contributed by atoms with Crippen LogP contribution in [0, 0.1) is 0 Å². The molecule has 3 heterocycles. The van der Waals surface area contributed by atoms with E-state index in [1.165, 1.54) is 6.33 Å². The highest BCUT2D eigenvalue weighted by Crippen LogP contribution is 2.35. The van der Waals surface area contributed by atoms with Crippen LogP contribution >= 0.6 is 15.9 Å². The summed E-state index contributed by atoms with van der Waals surface area (Å²) in [4.78, 5) is 24.6. The number of aromatic nitrogens is 4. The number of hydrogen-bond donors (Lipinski definition) is 1. The SMILES string of the molecule is CN1CCN(C2CCC(n3nc(Br)c4c(N)ncnc43)CC2)CC1=O. The normalized spacial score (nSPS) is 25.7. The number of hydrogen-bond acceptors (Lipinski definition) is 6. The van der Waals surface area contributed by atoms with E-state index < -0.39 is 0 Å². The van der Waals surface area contributed by atoms with E-state index in [1.54, 1.807) is 0 Å². The molecular formula is C16H22BrN7O. The minimum atomic E-state index is 0.225. The van der Waals surface area contributed by atoms with E-state index in [2.05, 4.69) is 35.9 Å². The Bertz CT molecular complexity index is 799. The van der Waals surface area contributed by atoms with Gasteiger partial charge in [-0.25, -0.2) is 14.6 Å². The van der Waals surface area contributed by atoms with Crippen molar-refractivity contribution in [2.45, 2.75) is 37.8 Å². The number of rotatable bonds is 2. The van der Waals surface area contributed by atoms with Gasteiger partial charge in [0.05, 0.1) is 18.0 Å². The van der Waals surface area contributed by atoms with Crippen molar-refractivity contribution in [1.29, 1.82) is 0 Å². The van der Waals surface area contributed by atoms with Crippen molar-refractivity contribution in [2.75, 3.05) is 32.4 Å². The molecule has 0 radical (unpaired) electrons. The highest BCUT2D eigenvalue weighted by molar-refractivity contribution is 9.10. The molecule has 2 aromatic heterocycles. The van der Waals surface area contributed by atoms with Gasteiger partial charge in [0, 0.05) is 26.2 Å². The number of nitrogen functional groups attached to an aromatic ring is 1. The highest BCUT2D eigenvalue weighted by atomic mass is 79.9. The third-order valence-corrected chi connectivity index (χ3v) is 6.05. The monoisotopic (exact) mass is 407 g/mol. The van der Waals surface area contributed by atoms with Gasteiger partial charge in [-0.05, 0) is 41.6 Å². The number of nitrogens with two attached hydrogens (primary N) is 1. The number of likely N-dealkylation sites (N-methyl/N-ethyl adjacent to an activating group) is 1. The molecule has 134 valence electrons. The Morgan fingerprint density at radius 2 is 1.88 bits per heavy atom. The fourth-order valence-corrected chi connectivity index (χ4v) is 4.52. The lowest BCUT2D eigenvalue weighted by Crippen LogP contribution is -2.52. The summed E-state index contributed by atoms with van der Waals surface area (Å²) in [5.74, 6) is 0.676. The van der Waals surface area contributed by atoms with Gasteiger partial charge in [0.25, 0.3) is 0 Å². The number of anilines is 1. The molecule has 0 bridgehead atoms. The average Bonchev–Trinajstić information content (AvgIpc) is 2.96. The van der Waals surface area contributed by atoms with Crippen LogP contribution < -0.4 is 5.73 Å². The third kappa shape index (κ3) is 2.99. The lowest BCUT2D eigenvalue weighted by Gasteiger charge is -2.40. The molecule has 25 heavy (non-hydrogen) atoms. The molecule has 2 N–H and O–H groups in total. The predicted octanol–water partition coefficient (Wildman–Crippen LogP) is 1.43. The summed E-state index contributed by atoms with van der Waals surface area (Å²) in [7, 11) is 1.88. The van der Waals surface area contributed by atoms with Gasteiger partial charge in [0.1, 0.15) is 16.7 Å². The number of piperazine rings is 1. The predicted molar refractivity (Wildman–Crippen MR) is 97.9 cm³/mol. The molecule has 9 heteroatoms. The van der Waals surface area contributed by atoms with Crippen LogP contribution in [0.4, 0.5) is 5.82 Å². The molecule has 1 saturated carbocycles. The lowest BCUT2D eigenvalue weighted by molar-refractivity contribution is -0.135. The summed E-state index contributed by atoms with van der Waals surface area (Å²) in [6.07, 6.45) is 5.68. The molecule has 1 saturated heterocycles. The molecular weight excluding hydrogens is 386 g/mol. The minimum absolute atomic E-state index is 0.225. The minimum Gasteiger partial charge on any atom is -0.383 e. The van der Waals surface area contributed by atoms with Crippen LogP contribution in [0.15, 0.2) is 10.9 Å². The first-order chi connectivity index (χ1) is 12.0. The summed E-state index contributed by atoms with van der Waals surface area (Å²) in [6.45, 7) is 2.34. The van der Waals surface area contributed by atoms with E-state index in [0.717, 1.165) is 49.8 Å². The number of amides is 1. The van der Waals surface area contributed by atoms with E-state index in [4.69, 9.17) is 5.73 Å². The summed E-state index contributed by atoms with van der Waals surface area (Å²) >= 11 is 3.48. The first-order valence-electron chi connectivity index (χ1n) is 8.67. The zero-order valence-electron chi connectivity index (χ0n) is 14.2. The molecule has 0 spiro atoms. The van der Waals surface area contributed by atoms with Crippen molar-refractivity contribution in [3.8, 4) is 0 Å². The summed E-state index contributed by atoms with van der Waals surface area (Å²) < 4.78 is 2.69. The molecule has 4 rings (SSSR count). The van der Waals surface area contributed by atoms with Gasteiger partial charge in [0.2, 0.25) is 5.91 Å². The second-order valence-electron chi connectivity index (χ2n) is 6.94. The Hall–Kier alpha value is -1.74. The van der Waals surface area contributed by atoms with Gasteiger partial charge in [-0.2, -0.15) is 5.10 Å². The van der Waals surface area contributed by atoms with Crippen LogP contribution in [-0.4, -0.2) is 68.2 Å². The van der Waals surface area contributed by atoms with Gasteiger partial charge in [0.15, 0.2) is 5.65 Å². The fourth-order valence-electron chi connectivity index (χ4n) is 3.96. The molecule has 1 aliphatic heterocycles. The standard InChI is InChI=1S/C16H22BrN7O/c1-22-6-7-23(8-12(22)25)10-2-4-11(5-3-10)24-16-13(14(17)21-24)15(18)19-9-20-16/h9-11H,2-8H2,1H3,(H2,18,19,20). The molecule has 8 nitrogen and oxygen atoms in total. The number of fused-ring (bicyclic) bond motifs is 1. The summed E-state index contributed by atoms with van der Waals surface area (Å²) in [5, 5.41) is 5.40. The zero-order chi connectivity index (χ0) is 17.6. The molecule has 2 aliphatic rings. The fraction of sp³-hybridized carbons (Fsp3) is 0.625. The zero-order valence-corrected chi connectivity index (χ0v) is 15.8. The molecule has 0 atom stereocenters. The second-order valence-corrected chi connectivity index (χ2v) is 7.69. The van der Waals surface area contributed by atoms with Gasteiger partial charge in [-0.3, -0.25) is 9.69 Å². The van der Waals surface area contributed by atoms with E-state index in [9.17, 15) is 4.79 Å². The number of halogens is 1. The second kappa shape index (κ2) is 6.53. The van der Waals surface area contributed by atoms with Crippen LogP contribution in [0.2, 0.25) is 0 Å². The molecule has 2 aromatic rings. The Morgan fingerprint density at radius 3 is 2.60 bits per heavy atom. The van der Waals surface area contributed by atoms with Crippen LogP contribution in [-0.2, 0) is 4.79 Å². The highest BCUT2D eigenvalue weighted by Gasteiger charge is 2.32. The smallest absolute Gasteiger partial charge is 0.236 e. The van der Waals surface area contributed by atoms with Crippen LogP contribution in [0.25, 0.3) is 11.0 Å². The molecule has 0 unspecified atom stereocenters. The molecule has 1 amide bonds. The van der Waals surface area contributed by atoms with E-state index in [0.29, 0.717) is 29.0 Å². The first-order valence-corrected chi connectivity index (χ1v) is 9.46. The lowest BCUT2D eigenvalue weighted by atomic mass is 9.90. The largest absolute Gasteiger partial charge is 0.383 e. The maximum Gasteiger partial charge on any atom is 0.236 e. The van der Waals surface area contributed by atoms with Crippen LogP contribution in [0.3, 0.4) is 0 Å². The van der Waals surface area contributed by atoms with Gasteiger partial charge >= 0.3 is 0 Å². The van der Waals surface area contributed by atoms with Crippen molar-refractivity contribution < 1.29 is 4.79 Å². The van der Waals surface area contributed by atoms with Crippen LogP contribution in [0.1, 0.15) is 31.7 Å². The van der Waals surface area contributed by atoms with Crippen LogP contribution in [0.5, 0.6) is 0 Å². The first kappa shape index (κ1) is 16.7. The Labute approximate surface area is 154 Å². The average molecular weight is 408 g/mol. The van der Waals surface area contributed by atoms with Crippen molar-refractivity contribution in [1.82, 2.24) is 29.5 Å². The Kier molecular flexibility index (Phi) is 4.36. The summed E-state index contributed by atoms with van der Waals surface area (Å²) in [6, 6.07) is 0.793. The number of carbonyl (C=O) groups is 1. The van der Waals surface area contributed by atoms with Crippen molar-refractivity contribution in [2.24, 2.45) is 0 Å². The van der Waals surface area contributed by atoms with E-state index in [-0.39, 0.29) is 5.91 Å². The van der Waals surface area contributed by atoms with Gasteiger partial charge < -0.3 is 10.6 Å². The van der Waals surface area contributed by atoms with Crippen molar-refractivity contribution in [3.05, 3.63) is 10.9 Å².